The van der Waals surface area contributed by atoms with Crippen molar-refractivity contribution in [3.63, 3.8) is 0 Å². The van der Waals surface area contributed by atoms with E-state index < -0.39 is 10.0 Å². The molecule has 4 aromatic rings. The van der Waals surface area contributed by atoms with E-state index in [0.717, 1.165) is 5.82 Å². The van der Waals surface area contributed by atoms with Crippen molar-refractivity contribution < 1.29 is 8.42 Å². The number of anilines is 1. The molecule has 2 N–H and O–H groups in total. The first-order valence-corrected chi connectivity index (χ1v) is 10.3. The summed E-state index contributed by atoms with van der Waals surface area (Å²) in [6, 6.07) is 13.3. The highest BCUT2D eigenvalue weighted by Crippen LogP contribution is 2.28. The zero-order valence-electron chi connectivity index (χ0n) is 15.7. The zero-order chi connectivity index (χ0) is 20.4. The van der Waals surface area contributed by atoms with Crippen molar-refractivity contribution in [2.75, 3.05) is 4.72 Å². The molecule has 0 saturated heterocycles. The summed E-state index contributed by atoms with van der Waals surface area (Å²) >= 11 is 0. The van der Waals surface area contributed by atoms with Crippen LogP contribution in [0.3, 0.4) is 0 Å². The van der Waals surface area contributed by atoms with E-state index in [2.05, 4.69) is 35.4 Å². The highest BCUT2D eigenvalue weighted by Gasteiger charge is 2.19. The van der Waals surface area contributed by atoms with Gasteiger partial charge in [0.2, 0.25) is 0 Å². The molecule has 0 radical (unpaired) electrons. The van der Waals surface area contributed by atoms with Gasteiger partial charge in [-0.1, -0.05) is 32.0 Å². The van der Waals surface area contributed by atoms with Gasteiger partial charge >= 0.3 is 0 Å². The van der Waals surface area contributed by atoms with Crippen LogP contribution >= 0.6 is 0 Å². The van der Waals surface area contributed by atoms with Gasteiger partial charge in [-0.05, 0) is 40.8 Å². The number of tetrazole rings is 1. The van der Waals surface area contributed by atoms with Crippen LogP contribution in [0.25, 0.3) is 17.1 Å². The van der Waals surface area contributed by atoms with Crippen molar-refractivity contribution in [2.45, 2.75) is 24.7 Å². The molecule has 0 aliphatic heterocycles. The molecule has 0 unspecified atom stereocenters. The minimum Gasteiger partial charge on any atom is -0.279 e. The topological polar surface area (TPSA) is 131 Å². The van der Waals surface area contributed by atoms with E-state index in [1.165, 1.54) is 23.1 Å². The van der Waals surface area contributed by atoms with Gasteiger partial charge in [-0.15, -0.1) is 5.10 Å². The highest BCUT2D eigenvalue weighted by molar-refractivity contribution is 7.92. The number of para-hydroxylation sites is 1. The van der Waals surface area contributed by atoms with E-state index >= 15 is 0 Å². The average Bonchev–Trinajstić information content (AvgIpc) is 3.41. The molecule has 0 aliphatic rings. The molecule has 0 fully saturated rings. The van der Waals surface area contributed by atoms with Gasteiger partial charge in [0, 0.05) is 11.5 Å². The molecule has 4 rings (SSSR count). The Morgan fingerprint density at radius 2 is 1.93 bits per heavy atom. The van der Waals surface area contributed by atoms with Gasteiger partial charge in [0.25, 0.3) is 10.0 Å². The fourth-order valence-electron chi connectivity index (χ4n) is 2.70. The van der Waals surface area contributed by atoms with Crippen LogP contribution in [0.4, 0.5) is 5.69 Å². The minimum atomic E-state index is -3.86. The fraction of sp³-hybridized carbons (Fsp3) is 0.167. The van der Waals surface area contributed by atoms with Crippen LogP contribution in [0.2, 0.25) is 0 Å². The van der Waals surface area contributed by atoms with Gasteiger partial charge in [-0.3, -0.25) is 9.82 Å². The summed E-state index contributed by atoms with van der Waals surface area (Å²) in [5, 5.41) is 18.0. The van der Waals surface area contributed by atoms with Gasteiger partial charge < -0.3 is 0 Å². The van der Waals surface area contributed by atoms with Crippen molar-refractivity contribution in [3.8, 4) is 17.1 Å². The maximum Gasteiger partial charge on any atom is 0.261 e. The summed E-state index contributed by atoms with van der Waals surface area (Å²) in [5.41, 5.74) is 1.49. The Bertz CT molecular complexity index is 1230. The summed E-state index contributed by atoms with van der Waals surface area (Å²) in [7, 11) is -3.86. The normalized spacial score (nSPS) is 11.7. The predicted molar refractivity (Wildman–Crippen MR) is 106 cm³/mol. The van der Waals surface area contributed by atoms with Gasteiger partial charge in [-0.2, -0.15) is 5.10 Å². The van der Waals surface area contributed by atoms with Crippen molar-refractivity contribution in [2.24, 2.45) is 0 Å². The number of rotatable bonds is 6. The average molecular weight is 410 g/mol. The molecule has 0 spiro atoms. The molecule has 2 aromatic heterocycles. The summed E-state index contributed by atoms with van der Waals surface area (Å²) in [6.45, 7) is 3.99. The van der Waals surface area contributed by atoms with Gasteiger partial charge in [0.15, 0.2) is 5.82 Å². The molecule has 2 aromatic carbocycles. The number of nitrogens with one attached hydrogen (secondary N) is 2. The Morgan fingerprint density at radius 1 is 1.10 bits per heavy atom. The van der Waals surface area contributed by atoms with E-state index in [1.54, 1.807) is 36.4 Å². The van der Waals surface area contributed by atoms with Crippen molar-refractivity contribution >= 4 is 15.7 Å². The third-order valence-electron chi connectivity index (χ3n) is 4.20. The summed E-state index contributed by atoms with van der Waals surface area (Å²) in [5.74, 6) is 1.33. The molecule has 148 valence electrons. The molecule has 0 bridgehead atoms. The Balaban J connectivity index is 1.68. The number of benzene rings is 2. The molecule has 2 heterocycles. The fourth-order valence-corrected chi connectivity index (χ4v) is 3.82. The lowest BCUT2D eigenvalue weighted by molar-refractivity contribution is 0.601. The first kappa shape index (κ1) is 18.7. The van der Waals surface area contributed by atoms with E-state index in [9.17, 15) is 8.42 Å². The van der Waals surface area contributed by atoms with E-state index in [1.807, 2.05) is 13.8 Å². The number of sulfonamides is 1. The monoisotopic (exact) mass is 410 g/mol. The number of hydrogen-bond donors (Lipinski definition) is 2. The molecule has 11 heteroatoms. The third kappa shape index (κ3) is 3.85. The highest BCUT2D eigenvalue weighted by atomic mass is 32.2. The van der Waals surface area contributed by atoms with Gasteiger partial charge in [0.05, 0.1) is 16.3 Å². The predicted octanol–water partition coefficient (Wildman–Crippen LogP) is 2.37. The summed E-state index contributed by atoms with van der Waals surface area (Å²) < 4.78 is 30.0. The molecule has 0 amide bonds. The summed E-state index contributed by atoms with van der Waals surface area (Å²) in [4.78, 5) is 4.55. The summed E-state index contributed by atoms with van der Waals surface area (Å²) in [6.07, 6.45) is 1.39. The lowest BCUT2D eigenvalue weighted by Gasteiger charge is -2.12. The van der Waals surface area contributed by atoms with Gasteiger partial charge in [-0.25, -0.2) is 18.1 Å². The minimum absolute atomic E-state index is 0.0816. The SMILES string of the molecule is CC(C)c1nc(-c2ccccc2NS(=O)(=O)c2cccc(-n3cnnn3)c2)n[nH]1. The quantitative estimate of drug-likeness (QED) is 0.499. The number of aromatic amines is 1. The van der Waals surface area contributed by atoms with E-state index in [0.29, 0.717) is 22.8 Å². The zero-order valence-corrected chi connectivity index (χ0v) is 16.5. The molecule has 0 aliphatic carbocycles. The molecule has 10 nitrogen and oxygen atoms in total. The number of aromatic nitrogens is 7. The first-order valence-electron chi connectivity index (χ1n) is 8.82. The van der Waals surface area contributed by atoms with Crippen molar-refractivity contribution in [1.29, 1.82) is 0 Å². The lowest BCUT2D eigenvalue weighted by Crippen LogP contribution is -2.14. The molecular formula is C18H18N8O2S. The Labute approximate surface area is 167 Å². The van der Waals surface area contributed by atoms with E-state index in [-0.39, 0.29) is 10.8 Å². The Hall–Kier alpha value is -3.60. The standard InChI is InChI=1S/C18H18N8O2S/c1-12(2)17-20-18(22-21-17)15-8-3-4-9-16(15)23-29(27,28)14-7-5-6-13(10-14)26-11-19-24-25-26/h3-12,23H,1-2H3,(H,20,21,22). The lowest BCUT2D eigenvalue weighted by atomic mass is 10.1. The van der Waals surface area contributed by atoms with Crippen LogP contribution in [-0.4, -0.2) is 43.8 Å². The molecule has 29 heavy (non-hydrogen) atoms. The van der Waals surface area contributed by atoms with Crippen LogP contribution in [0.1, 0.15) is 25.6 Å². The molecular weight excluding hydrogens is 392 g/mol. The molecule has 0 saturated carbocycles. The first-order chi connectivity index (χ1) is 13.9. The van der Waals surface area contributed by atoms with Gasteiger partial charge in [0.1, 0.15) is 12.2 Å². The second-order valence-electron chi connectivity index (χ2n) is 6.60. The van der Waals surface area contributed by atoms with Crippen LogP contribution in [-0.2, 0) is 10.0 Å². The van der Waals surface area contributed by atoms with Crippen LogP contribution in [0.5, 0.6) is 0 Å². The smallest absolute Gasteiger partial charge is 0.261 e. The molecule has 0 atom stereocenters. The number of hydrogen-bond acceptors (Lipinski definition) is 7. The number of H-pyrrole nitrogens is 1. The largest absolute Gasteiger partial charge is 0.279 e. The number of nitrogens with zero attached hydrogens (tertiary/aromatic N) is 6. The van der Waals surface area contributed by atoms with E-state index in [4.69, 9.17) is 0 Å². The van der Waals surface area contributed by atoms with Crippen molar-refractivity contribution in [3.05, 3.63) is 60.7 Å². The van der Waals surface area contributed by atoms with Crippen LogP contribution in [0.15, 0.2) is 59.8 Å². The second kappa shape index (κ2) is 7.43. The van der Waals surface area contributed by atoms with Crippen LogP contribution in [0, 0.1) is 0 Å². The Morgan fingerprint density at radius 3 is 2.66 bits per heavy atom. The van der Waals surface area contributed by atoms with Crippen LogP contribution < -0.4 is 4.72 Å². The van der Waals surface area contributed by atoms with Crippen molar-refractivity contribution in [1.82, 2.24) is 35.4 Å². The third-order valence-corrected chi connectivity index (χ3v) is 5.57. The Kier molecular flexibility index (Phi) is 4.80. The maximum atomic E-state index is 13.0. The second-order valence-corrected chi connectivity index (χ2v) is 8.28. The maximum absolute atomic E-state index is 13.0.